The molecule has 4 nitrogen and oxygen atoms in total. The third-order valence-electron chi connectivity index (χ3n) is 2.25. The number of para-hydroxylation sites is 1. The highest BCUT2D eigenvalue weighted by molar-refractivity contribution is 5.74. The molecular weight excluding hydrogens is 194 g/mol. The maximum Gasteiger partial charge on any atom is 0.417 e. The Kier molecular flexibility index (Phi) is 2.43. The largest absolute Gasteiger partial charge is 0.417 e. The molecule has 0 aliphatic carbocycles. The number of aliphatic hydroxyl groups is 1. The van der Waals surface area contributed by atoms with Gasteiger partial charge in [-0.1, -0.05) is 24.3 Å². The van der Waals surface area contributed by atoms with Crippen LogP contribution >= 0.6 is 0 Å². The molecule has 1 amide bonds. The van der Waals surface area contributed by atoms with Gasteiger partial charge < -0.3 is 9.84 Å². The minimum Gasteiger partial charge on any atom is -0.410 e. The molecule has 0 saturated heterocycles. The Hall–Kier alpha value is -1.81. The van der Waals surface area contributed by atoms with Gasteiger partial charge in [0.1, 0.15) is 5.75 Å². The summed E-state index contributed by atoms with van der Waals surface area (Å²) in [5.74, 6) is 0.412. The van der Waals surface area contributed by atoms with Crippen LogP contribution in [0.15, 0.2) is 36.9 Å². The molecule has 1 atom stereocenters. The van der Waals surface area contributed by atoms with Gasteiger partial charge in [-0.2, -0.15) is 0 Å². The number of aliphatic hydroxyl groups excluding tert-OH is 1. The van der Waals surface area contributed by atoms with Crippen LogP contribution in [-0.2, 0) is 0 Å². The molecule has 1 aromatic carbocycles. The monoisotopic (exact) mass is 205 g/mol. The number of amides is 1. The van der Waals surface area contributed by atoms with Crippen LogP contribution in [-0.4, -0.2) is 22.6 Å². The SMILES string of the molecule is C=CCN1C(=O)Oc2ccccc2C1O. The van der Waals surface area contributed by atoms with E-state index >= 15 is 0 Å². The second-order valence-electron chi connectivity index (χ2n) is 3.22. The molecule has 0 bridgehead atoms. The minimum absolute atomic E-state index is 0.258. The van der Waals surface area contributed by atoms with Crippen LogP contribution in [0.4, 0.5) is 4.79 Å². The second-order valence-corrected chi connectivity index (χ2v) is 3.22. The van der Waals surface area contributed by atoms with E-state index in [0.29, 0.717) is 11.3 Å². The van der Waals surface area contributed by atoms with Crippen molar-refractivity contribution >= 4 is 6.09 Å². The predicted octanol–water partition coefficient (Wildman–Crippen LogP) is 1.68. The molecule has 1 aromatic rings. The highest BCUT2D eigenvalue weighted by atomic mass is 16.6. The molecule has 1 aliphatic rings. The van der Waals surface area contributed by atoms with Crippen molar-refractivity contribution in [3.63, 3.8) is 0 Å². The van der Waals surface area contributed by atoms with E-state index in [1.807, 2.05) is 0 Å². The van der Waals surface area contributed by atoms with Crippen molar-refractivity contribution in [2.75, 3.05) is 6.54 Å². The summed E-state index contributed by atoms with van der Waals surface area (Å²) in [5, 5.41) is 9.90. The summed E-state index contributed by atoms with van der Waals surface area (Å²) >= 11 is 0. The first kappa shape index (κ1) is 9.73. The fraction of sp³-hybridized carbons (Fsp3) is 0.182. The van der Waals surface area contributed by atoms with Crippen molar-refractivity contribution in [3.05, 3.63) is 42.5 Å². The quantitative estimate of drug-likeness (QED) is 0.747. The van der Waals surface area contributed by atoms with Gasteiger partial charge in [0.2, 0.25) is 0 Å². The fourth-order valence-electron chi connectivity index (χ4n) is 1.52. The molecule has 0 radical (unpaired) electrons. The van der Waals surface area contributed by atoms with Crippen molar-refractivity contribution in [2.45, 2.75) is 6.23 Å². The molecule has 4 heteroatoms. The van der Waals surface area contributed by atoms with Crippen LogP contribution in [0.1, 0.15) is 11.8 Å². The number of ether oxygens (including phenoxy) is 1. The number of carbonyl (C=O) groups excluding carboxylic acids is 1. The van der Waals surface area contributed by atoms with Gasteiger partial charge in [0.05, 0.1) is 0 Å². The van der Waals surface area contributed by atoms with Crippen LogP contribution in [0.2, 0.25) is 0 Å². The Bertz CT molecular complexity index is 403. The summed E-state index contributed by atoms with van der Waals surface area (Å²) in [6.07, 6.45) is 0.0276. The number of nitrogens with zero attached hydrogens (tertiary/aromatic N) is 1. The second kappa shape index (κ2) is 3.74. The zero-order valence-corrected chi connectivity index (χ0v) is 8.09. The zero-order chi connectivity index (χ0) is 10.8. The van der Waals surface area contributed by atoms with Gasteiger partial charge in [-0.25, -0.2) is 4.79 Å². The van der Waals surface area contributed by atoms with Crippen LogP contribution in [0, 0.1) is 0 Å². The highest BCUT2D eigenvalue weighted by Crippen LogP contribution is 2.32. The number of hydrogen-bond acceptors (Lipinski definition) is 3. The minimum atomic E-state index is -0.958. The van der Waals surface area contributed by atoms with Crippen LogP contribution in [0.3, 0.4) is 0 Å². The average molecular weight is 205 g/mol. The van der Waals surface area contributed by atoms with E-state index in [1.54, 1.807) is 30.3 Å². The molecular formula is C11H11NO3. The first-order chi connectivity index (χ1) is 7.24. The molecule has 1 unspecified atom stereocenters. The summed E-state index contributed by atoms with van der Waals surface area (Å²) in [7, 11) is 0. The Labute approximate surface area is 87.4 Å². The molecule has 1 heterocycles. The van der Waals surface area contributed by atoms with E-state index in [0.717, 1.165) is 0 Å². The Morgan fingerprint density at radius 1 is 1.53 bits per heavy atom. The van der Waals surface area contributed by atoms with Crippen LogP contribution in [0.25, 0.3) is 0 Å². The molecule has 78 valence electrons. The zero-order valence-electron chi connectivity index (χ0n) is 8.09. The molecule has 0 aromatic heterocycles. The van der Waals surface area contributed by atoms with E-state index in [2.05, 4.69) is 6.58 Å². The van der Waals surface area contributed by atoms with Crippen molar-refractivity contribution in [1.29, 1.82) is 0 Å². The number of rotatable bonds is 2. The first-order valence-electron chi connectivity index (χ1n) is 4.60. The van der Waals surface area contributed by atoms with E-state index in [-0.39, 0.29) is 6.54 Å². The number of benzene rings is 1. The molecule has 2 rings (SSSR count). The molecule has 0 fully saturated rings. The van der Waals surface area contributed by atoms with Crippen molar-refractivity contribution in [1.82, 2.24) is 4.90 Å². The maximum atomic E-state index is 11.5. The average Bonchev–Trinajstić information content (AvgIpc) is 2.24. The normalized spacial score (nSPS) is 19.4. The van der Waals surface area contributed by atoms with Gasteiger partial charge in [-0.15, -0.1) is 6.58 Å². The summed E-state index contributed by atoms with van der Waals surface area (Å²) in [4.78, 5) is 12.7. The lowest BCUT2D eigenvalue weighted by molar-refractivity contribution is 0.00613. The van der Waals surface area contributed by atoms with Crippen LogP contribution < -0.4 is 4.74 Å². The summed E-state index contributed by atoms with van der Waals surface area (Å²) in [5.41, 5.74) is 0.596. The van der Waals surface area contributed by atoms with Crippen molar-refractivity contribution in [3.8, 4) is 5.75 Å². The molecule has 1 N–H and O–H groups in total. The van der Waals surface area contributed by atoms with Gasteiger partial charge >= 0.3 is 6.09 Å². The number of fused-ring (bicyclic) bond motifs is 1. The first-order valence-corrected chi connectivity index (χ1v) is 4.60. The van der Waals surface area contributed by atoms with Gasteiger partial charge in [0.25, 0.3) is 0 Å². The summed E-state index contributed by atoms with van der Waals surface area (Å²) in [6.45, 7) is 3.78. The lowest BCUT2D eigenvalue weighted by atomic mass is 10.1. The highest BCUT2D eigenvalue weighted by Gasteiger charge is 2.31. The van der Waals surface area contributed by atoms with Gasteiger partial charge in [-0.05, 0) is 6.07 Å². The van der Waals surface area contributed by atoms with Gasteiger partial charge in [0.15, 0.2) is 6.23 Å². The van der Waals surface area contributed by atoms with E-state index < -0.39 is 12.3 Å². The summed E-state index contributed by atoms with van der Waals surface area (Å²) in [6, 6.07) is 6.92. The van der Waals surface area contributed by atoms with Gasteiger partial charge in [-0.3, -0.25) is 4.90 Å². The van der Waals surface area contributed by atoms with Crippen molar-refractivity contribution in [2.24, 2.45) is 0 Å². The summed E-state index contributed by atoms with van der Waals surface area (Å²) < 4.78 is 5.05. The lowest BCUT2D eigenvalue weighted by Crippen LogP contribution is -2.40. The van der Waals surface area contributed by atoms with Crippen LogP contribution in [0.5, 0.6) is 5.75 Å². The van der Waals surface area contributed by atoms with Crippen molar-refractivity contribution < 1.29 is 14.6 Å². The Morgan fingerprint density at radius 3 is 3.00 bits per heavy atom. The smallest absolute Gasteiger partial charge is 0.410 e. The fourth-order valence-corrected chi connectivity index (χ4v) is 1.52. The number of hydrogen-bond donors (Lipinski definition) is 1. The molecule has 1 aliphatic heterocycles. The maximum absolute atomic E-state index is 11.5. The van der Waals surface area contributed by atoms with E-state index in [4.69, 9.17) is 4.74 Å². The lowest BCUT2D eigenvalue weighted by Gasteiger charge is -2.31. The third-order valence-corrected chi connectivity index (χ3v) is 2.25. The molecule has 0 saturated carbocycles. The molecule has 15 heavy (non-hydrogen) atoms. The predicted molar refractivity (Wildman–Crippen MR) is 54.3 cm³/mol. The standard InChI is InChI=1S/C11H11NO3/c1-2-7-12-10(13)8-5-3-4-6-9(8)15-11(12)14/h2-6,10,13H,1,7H2. The topological polar surface area (TPSA) is 49.8 Å². The van der Waals surface area contributed by atoms with E-state index in [9.17, 15) is 9.90 Å². The molecule has 0 spiro atoms. The van der Waals surface area contributed by atoms with Gasteiger partial charge in [0, 0.05) is 12.1 Å². The Balaban J connectivity index is 2.38. The van der Waals surface area contributed by atoms with E-state index in [1.165, 1.54) is 4.90 Å². The Morgan fingerprint density at radius 2 is 2.27 bits per heavy atom. The third kappa shape index (κ3) is 1.59. The number of carbonyl (C=O) groups is 1.